The number of halogens is 3. The summed E-state index contributed by atoms with van der Waals surface area (Å²) in [6, 6.07) is 4.55. The fraction of sp³-hybridized carbons (Fsp3) is 0.567. The number of rotatable bonds is 9. The van der Waals surface area contributed by atoms with Gasteiger partial charge in [-0.1, -0.05) is 51.0 Å². The number of aliphatic imine (C=N–C) groups is 1. The maximum atomic E-state index is 13.5. The van der Waals surface area contributed by atoms with Crippen molar-refractivity contribution in [3.63, 3.8) is 0 Å². The van der Waals surface area contributed by atoms with E-state index >= 15 is 0 Å². The minimum atomic E-state index is -4.32. The Kier molecular flexibility index (Phi) is 8.83. The molecule has 0 bridgehead atoms. The van der Waals surface area contributed by atoms with E-state index in [-0.39, 0.29) is 18.1 Å². The van der Waals surface area contributed by atoms with E-state index < -0.39 is 18.3 Å². The molecule has 0 saturated heterocycles. The van der Waals surface area contributed by atoms with Crippen LogP contribution in [0.3, 0.4) is 0 Å². The molecule has 5 unspecified atom stereocenters. The molecule has 0 heterocycles. The lowest BCUT2D eigenvalue weighted by Gasteiger charge is -2.29. The topological polar surface area (TPSA) is 64.9 Å². The van der Waals surface area contributed by atoms with E-state index in [1.165, 1.54) is 24.6 Å². The molecule has 3 aliphatic carbocycles. The summed E-state index contributed by atoms with van der Waals surface area (Å²) in [5, 5.41) is 24.0. The lowest BCUT2D eigenvalue weighted by Crippen LogP contribution is -2.31. The van der Waals surface area contributed by atoms with Crippen molar-refractivity contribution in [2.75, 3.05) is 6.54 Å². The molecule has 5 atom stereocenters. The van der Waals surface area contributed by atoms with Crippen LogP contribution in [0.25, 0.3) is 5.70 Å². The number of benzene rings is 1. The number of hydrogen-bond donors (Lipinski definition) is 3. The summed E-state index contributed by atoms with van der Waals surface area (Å²) < 4.78 is 40.6. The molecule has 0 aliphatic heterocycles. The molecule has 1 fully saturated rings. The number of aromatic hydroxyl groups is 1. The van der Waals surface area contributed by atoms with Crippen LogP contribution in [0, 0.1) is 23.7 Å². The molecule has 0 radical (unpaired) electrons. The van der Waals surface area contributed by atoms with Gasteiger partial charge in [0.1, 0.15) is 5.75 Å². The van der Waals surface area contributed by atoms with E-state index in [9.17, 15) is 23.4 Å². The summed E-state index contributed by atoms with van der Waals surface area (Å²) in [5.74, 6) is -0.365. The molecule has 3 aliphatic rings. The standard InChI is InChI=1S/C30H39F3N2O2/c1-3-6-20(4-2)21-9-10-23(14-21)29(37)35-25-8-5-7-19(13-25)18-34-28-16-24(30(31,32)33)15-22-11-12-26(36)17-27(22)28/h9-12,14,16-17,19-21,24,29,34,36-37H,3-8,13,15,18H2,1-2H3/b35-25-. The molecule has 4 nitrogen and oxygen atoms in total. The van der Waals surface area contributed by atoms with E-state index in [0.29, 0.717) is 41.6 Å². The first kappa shape index (κ1) is 27.5. The van der Waals surface area contributed by atoms with Gasteiger partial charge >= 0.3 is 6.18 Å². The lowest BCUT2D eigenvalue weighted by molar-refractivity contribution is -0.160. The van der Waals surface area contributed by atoms with E-state index in [1.54, 1.807) is 6.07 Å². The number of fused-ring (bicyclic) bond motifs is 1. The molecule has 7 heteroatoms. The number of alkyl halides is 3. The van der Waals surface area contributed by atoms with Crippen LogP contribution < -0.4 is 5.32 Å². The van der Waals surface area contributed by atoms with Crippen molar-refractivity contribution < 1.29 is 23.4 Å². The van der Waals surface area contributed by atoms with Crippen LogP contribution in [-0.4, -0.2) is 34.9 Å². The number of nitrogens with zero attached hydrogens (tertiary/aromatic N) is 1. The number of phenolic OH excluding ortho intramolecular Hbond substituents is 1. The Morgan fingerprint density at radius 3 is 2.70 bits per heavy atom. The highest BCUT2D eigenvalue weighted by molar-refractivity contribution is 5.85. The van der Waals surface area contributed by atoms with Crippen LogP contribution in [-0.2, 0) is 6.42 Å². The Hall–Kier alpha value is -2.54. The van der Waals surface area contributed by atoms with Crippen LogP contribution in [0.4, 0.5) is 13.2 Å². The highest BCUT2D eigenvalue weighted by Gasteiger charge is 2.40. The Morgan fingerprint density at radius 1 is 1.16 bits per heavy atom. The van der Waals surface area contributed by atoms with Crippen LogP contribution in [0.1, 0.15) is 69.9 Å². The number of nitrogens with one attached hydrogen (secondary N) is 1. The van der Waals surface area contributed by atoms with Crippen LogP contribution in [0.15, 0.2) is 53.1 Å². The smallest absolute Gasteiger partial charge is 0.395 e. The molecular formula is C30H39F3N2O2. The molecule has 0 spiro atoms. The summed E-state index contributed by atoms with van der Waals surface area (Å²) >= 11 is 0. The molecule has 202 valence electrons. The van der Waals surface area contributed by atoms with Crippen molar-refractivity contribution >= 4 is 11.4 Å². The average molecular weight is 517 g/mol. The zero-order valence-corrected chi connectivity index (χ0v) is 21.8. The molecule has 4 rings (SSSR count). The van der Waals surface area contributed by atoms with Crippen LogP contribution >= 0.6 is 0 Å². The normalized spacial score (nSPS) is 26.4. The maximum absolute atomic E-state index is 13.5. The molecule has 0 aromatic heterocycles. The Bertz CT molecular complexity index is 1070. The van der Waals surface area contributed by atoms with Gasteiger partial charge < -0.3 is 15.5 Å². The van der Waals surface area contributed by atoms with E-state index in [2.05, 4.69) is 36.3 Å². The third-order valence-corrected chi connectivity index (χ3v) is 8.02. The van der Waals surface area contributed by atoms with Gasteiger partial charge in [0.25, 0.3) is 0 Å². The Balaban J connectivity index is 1.40. The number of phenols is 1. The zero-order chi connectivity index (χ0) is 26.6. The van der Waals surface area contributed by atoms with Gasteiger partial charge in [0, 0.05) is 23.5 Å². The summed E-state index contributed by atoms with van der Waals surface area (Å²) in [7, 11) is 0. The third kappa shape index (κ3) is 6.86. The Labute approximate surface area is 218 Å². The summed E-state index contributed by atoms with van der Waals surface area (Å²) in [5.41, 5.74) is 3.46. The highest BCUT2D eigenvalue weighted by Crippen LogP contribution is 2.38. The van der Waals surface area contributed by atoms with Crippen molar-refractivity contribution in [2.24, 2.45) is 28.7 Å². The van der Waals surface area contributed by atoms with Gasteiger partial charge in [-0.05, 0) is 85.6 Å². The molecule has 1 aromatic carbocycles. The average Bonchev–Trinajstić information content (AvgIpc) is 3.36. The van der Waals surface area contributed by atoms with Gasteiger partial charge in [0.05, 0.1) is 5.92 Å². The number of hydrogen-bond acceptors (Lipinski definition) is 4. The molecule has 3 N–H and O–H groups in total. The SMILES string of the molecule is CCCC(CC)C1C=CC(C(O)/N=C2/CCCC(CNC3=CC(C(F)(F)F)Cc4ccc(O)cc43)C2)=C1. The number of allylic oxidation sites excluding steroid dienone is 3. The van der Waals surface area contributed by atoms with Gasteiger partial charge in [-0.2, -0.15) is 13.2 Å². The third-order valence-electron chi connectivity index (χ3n) is 8.02. The fourth-order valence-electron chi connectivity index (χ4n) is 5.93. The van der Waals surface area contributed by atoms with Gasteiger partial charge in [0.2, 0.25) is 0 Å². The van der Waals surface area contributed by atoms with Gasteiger partial charge in [-0.3, -0.25) is 4.99 Å². The number of aliphatic hydroxyl groups is 1. The highest BCUT2D eigenvalue weighted by atomic mass is 19.4. The number of aliphatic hydroxyl groups excluding tert-OH is 1. The lowest BCUT2D eigenvalue weighted by atomic mass is 9.85. The second-order valence-electron chi connectivity index (χ2n) is 10.7. The van der Waals surface area contributed by atoms with E-state index in [1.807, 2.05) is 6.08 Å². The summed E-state index contributed by atoms with van der Waals surface area (Å²) in [6.45, 7) is 4.92. The molecule has 1 aromatic rings. The molecule has 1 saturated carbocycles. The zero-order valence-electron chi connectivity index (χ0n) is 21.8. The van der Waals surface area contributed by atoms with E-state index in [4.69, 9.17) is 0 Å². The van der Waals surface area contributed by atoms with Crippen molar-refractivity contribution in [2.45, 2.75) is 77.6 Å². The quantitative estimate of drug-likeness (QED) is 0.333. The first-order valence-corrected chi connectivity index (χ1v) is 13.7. The minimum absolute atomic E-state index is 0.0374. The molecular weight excluding hydrogens is 477 g/mol. The largest absolute Gasteiger partial charge is 0.508 e. The van der Waals surface area contributed by atoms with E-state index in [0.717, 1.165) is 43.4 Å². The van der Waals surface area contributed by atoms with Crippen LogP contribution in [0.5, 0.6) is 5.75 Å². The predicted octanol–water partition coefficient (Wildman–Crippen LogP) is 6.95. The molecule has 0 amide bonds. The van der Waals surface area contributed by atoms with Gasteiger partial charge in [-0.25, -0.2) is 0 Å². The second-order valence-corrected chi connectivity index (χ2v) is 10.7. The predicted molar refractivity (Wildman–Crippen MR) is 142 cm³/mol. The first-order valence-electron chi connectivity index (χ1n) is 13.7. The van der Waals surface area contributed by atoms with Crippen molar-refractivity contribution in [1.29, 1.82) is 0 Å². The second kappa shape index (κ2) is 11.9. The van der Waals surface area contributed by atoms with Crippen molar-refractivity contribution in [1.82, 2.24) is 5.32 Å². The summed E-state index contributed by atoms with van der Waals surface area (Å²) in [4.78, 5) is 4.65. The fourth-order valence-corrected chi connectivity index (χ4v) is 5.93. The monoisotopic (exact) mass is 516 g/mol. The van der Waals surface area contributed by atoms with Crippen molar-refractivity contribution in [3.8, 4) is 5.75 Å². The summed E-state index contributed by atoms with van der Waals surface area (Å²) in [6.07, 6.45) is 9.11. The van der Waals surface area contributed by atoms with Crippen LogP contribution in [0.2, 0.25) is 0 Å². The van der Waals surface area contributed by atoms with Gasteiger partial charge in [-0.15, -0.1) is 0 Å². The van der Waals surface area contributed by atoms with Crippen molar-refractivity contribution in [3.05, 3.63) is 59.2 Å². The Morgan fingerprint density at radius 2 is 1.97 bits per heavy atom. The molecule has 37 heavy (non-hydrogen) atoms. The first-order chi connectivity index (χ1) is 17.7. The maximum Gasteiger partial charge on any atom is 0.395 e. The minimum Gasteiger partial charge on any atom is -0.508 e. The van der Waals surface area contributed by atoms with Gasteiger partial charge in [0.15, 0.2) is 6.23 Å².